The largest absolute Gasteiger partial charge is 0.481 e. The number of benzene rings is 2. The summed E-state index contributed by atoms with van der Waals surface area (Å²) in [5, 5.41) is 14.3. The summed E-state index contributed by atoms with van der Waals surface area (Å²) in [5.41, 5.74) is 4.61. The average molecular weight is 475 g/mol. The van der Waals surface area contributed by atoms with E-state index >= 15 is 0 Å². The molecule has 0 bridgehead atoms. The van der Waals surface area contributed by atoms with Crippen molar-refractivity contribution in [2.75, 3.05) is 6.61 Å². The second-order valence-corrected chi connectivity index (χ2v) is 9.05. The molecule has 1 heterocycles. The predicted octanol–water partition coefficient (Wildman–Crippen LogP) is 4.30. The van der Waals surface area contributed by atoms with Gasteiger partial charge in [-0.05, 0) is 53.1 Å². The number of hydrogen-bond acceptors (Lipinski definition) is 5. The maximum Gasteiger partial charge on any atom is 0.407 e. The molecule has 0 radical (unpaired) electrons. The quantitative estimate of drug-likeness (QED) is 0.448. The second kappa shape index (κ2) is 9.66. The van der Waals surface area contributed by atoms with E-state index in [1.54, 1.807) is 12.1 Å². The number of alkyl carbamates (subject to hydrolysis) is 1. The number of rotatable bonds is 8. The predicted molar refractivity (Wildman–Crippen MR) is 127 cm³/mol. The fourth-order valence-electron chi connectivity index (χ4n) is 4.93. The average Bonchev–Trinajstić information content (AvgIpc) is 3.43. The van der Waals surface area contributed by atoms with Crippen LogP contribution >= 0.6 is 0 Å². The van der Waals surface area contributed by atoms with Crippen molar-refractivity contribution in [3.63, 3.8) is 0 Å². The summed E-state index contributed by atoms with van der Waals surface area (Å²) in [4.78, 5) is 35.4. The van der Waals surface area contributed by atoms with Crippen LogP contribution in [-0.2, 0) is 16.1 Å². The van der Waals surface area contributed by atoms with Gasteiger partial charge in [0.2, 0.25) is 0 Å². The van der Waals surface area contributed by atoms with Crippen LogP contribution in [0.5, 0.6) is 0 Å². The molecule has 5 rings (SSSR count). The van der Waals surface area contributed by atoms with E-state index in [1.165, 1.54) is 0 Å². The Balaban J connectivity index is 1.09. The zero-order chi connectivity index (χ0) is 24.4. The molecule has 1 aromatic heterocycles. The van der Waals surface area contributed by atoms with Gasteiger partial charge in [-0.2, -0.15) is 0 Å². The number of carboxylic acid groups (broad SMARTS) is 1. The van der Waals surface area contributed by atoms with Gasteiger partial charge in [0.05, 0.1) is 6.54 Å². The molecule has 3 aromatic rings. The molecular formula is C27H26N2O6. The molecule has 0 spiro atoms. The number of nitrogens with one attached hydrogen (secondary N) is 2. The molecule has 1 saturated carbocycles. The molecule has 8 heteroatoms. The number of carbonyl (C=O) groups excluding carboxylic acids is 2. The van der Waals surface area contributed by atoms with Crippen LogP contribution in [-0.4, -0.2) is 35.7 Å². The van der Waals surface area contributed by atoms with Gasteiger partial charge >= 0.3 is 12.1 Å². The normalized spacial score (nSPS) is 18.2. The maximum atomic E-state index is 12.3. The van der Waals surface area contributed by atoms with Crippen molar-refractivity contribution in [3.05, 3.63) is 83.3 Å². The number of carboxylic acids is 1. The molecule has 0 saturated heterocycles. The smallest absolute Gasteiger partial charge is 0.407 e. The lowest BCUT2D eigenvalue weighted by atomic mass is 9.78. The Hall–Kier alpha value is -4.07. The third-order valence-corrected chi connectivity index (χ3v) is 6.67. The molecule has 0 aliphatic heterocycles. The highest BCUT2D eigenvalue weighted by molar-refractivity contribution is 5.91. The van der Waals surface area contributed by atoms with Crippen molar-refractivity contribution in [3.8, 4) is 11.1 Å². The third-order valence-electron chi connectivity index (χ3n) is 6.67. The van der Waals surface area contributed by atoms with Crippen LogP contribution in [0.4, 0.5) is 4.79 Å². The first-order chi connectivity index (χ1) is 17.0. The SMILES string of the molecule is O=C(O)CC1CC(NC(=O)c2ccc(CNC(=O)OCC3c4ccccc4-c4ccccc43)o2)C1. The molecule has 2 amide bonds. The molecule has 35 heavy (non-hydrogen) atoms. The second-order valence-electron chi connectivity index (χ2n) is 9.05. The number of fused-ring (bicyclic) bond motifs is 3. The first kappa shape index (κ1) is 22.7. The van der Waals surface area contributed by atoms with Crippen LogP contribution < -0.4 is 10.6 Å². The number of ether oxygens (including phenoxy) is 1. The first-order valence-electron chi connectivity index (χ1n) is 11.7. The standard InChI is InChI=1S/C27H26N2O6/c30-25(31)13-16-11-17(12-16)29-26(32)24-10-9-18(35-24)14-28-27(33)34-15-23-21-7-3-1-5-19(21)20-6-2-4-8-22(20)23/h1-10,16-17,23H,11-15H2,(H,28,33)(H,29,32)(H,30,31). The fourth-order valence-corrected chi connectivity index (χ4v) is 4.93. The molecule has 180 valence electrons. The Kier molecular flexibility index (Phi) is 6.27. The highest BCUT2D eigenvalue weighted by atomic mass is 16.5. The lowest BCUT2D eigenvalue weighted by Crippen LogP contribution is -2.44. The van der Waals surface area contributed by atoms with Gasteiger partial charge in [0.1, 0.15) is 12.4 Å². The Morgan fingerprint density at radius 3 is 2.26 bits per heavy atom. The van der Waals surface area contributed by atoms with E-state index < -0.39 is 12.1 Å². The number of aliphatic carboxylic acids is 1. The zero-order valence-electron chi connectivity index (χ0n) is 19.0. The summed E-state index contributed by atoms with van der Waals surface area (Å²) in [6.45, 7) is 0.310. The molecule has 2 aliphatic rings. The Morgan fingerprint density at radius 1 is 0.943 bits per heavy atom. The lowest BCUT2D eigenvalue weighted by Gasteiger charge is -2.34. The molecule has 2 aromatic carbocycles. The molecule has 1 fully saturated rings. The number of hydrogen-bond donors (Lipinski definition) is 3. The van der Waals surface area contributed by atoms with E-state index in [0.717, 1.165) is 22.3 Å². The topological polar surface area (TPSA) is 118 Å². The van der Waals surface area contributed by atoms with Gasteiger partial charge in [0.25, 0.3) is 5.91 Å². The van der Waals surface area contributed by atoms with Gasteiger partial charge in [-0.15, -0.1) is 0 Å². The van der Waals surface area contributed by atoms with Gasteiger partial charge in [-0.3, -0.25) is 9.59 Å². The Bertz CT molecular complexity index is 1210. The van der Waals surface area contributed by atoms with Gasteiger partial charge in [0, 0.05) is 18.4 Å². The number of furan rings is 1. The van der Waals surface area contributed by atoms with E-state index in [0.29, 0.717) is 18.6 Å². The molecular weight excluding hydrogens is 448 g/mol. The van der Waals surface area contributed by atoms with Crippen LogP contribution in [0.3, 0.4) is 0 Å². The minimum atomic E-state index is -0.820. The van der Waals surface area contributed by atoms with Gasteiger partial charge in [-0.1, -0.05) is 48.5 Å². The van der Waals surface area contributed by atoms with Crippen molar-refractivity contribution < 1.29 is 28.6 Å². The monoisotopic (exact) mass is 474 g/mol. The minimum Gasteiger partial charge on any atom is -0.481 e. The van der Waals surface area contributed by atoms with Crippen molar-refractivity contribution >= 4 is 18.0 Å². The number of carbonyl (C=O) groups is 3. The Labute approximate surface area is 202 Å². The maximum absolute atomic E-state index is 12.3. The summed E-state index contributed by atoms with van der Waals surface area (Å²) in [6.07, 6.45) is 0.857. The lowest BCUT2D eigenvalue weighted by molar-refractivity contribution is -0.138. The van der Waals surface area contributed by atoms with Crippen molar-refractivity contribution in [1.29, 1.82) is 0 Å². The highest BCUT2D eigenvalue weighted by Gasteiger charge is 2.32. The van der Waals surface area contributed by atoms with Crippen LogP contribution in [0.25, 0.3) is 11.1 Å². The molecule has 8 nitrogen and oxygen atoms in total. The van der Waals surface area contributed by atoms with Gasteiger partial charge < -0.3 is 24.9 Å². The van der Waals surface area contributed by atoms with E-state index in [1.807, 2.05) is 24.3 Å². The van der Waals surface area contributed by atoms with Crippen molar-refractivity contribution in [2.24, 2.45) is 5.92 Å². The molecule has 2 aliphatic carbocycles. The number of amides is 2. The van der Waals surface area contributed by atoms with Crippen LogP contribution in [0, 0.1) is 5.92 Å². The molecule has 0 unspecified atom stereocenters. The summed E-state index contributed by atoms with van der Waals surface area (Å²) in [7, 11) is 0. The first-order valence-corrected chi connectivity index (χ1v) is 11.7. The van der Waals surface area contributed by atoms with Crippen molar-refractivity contribution in [2.45, 2.75) is 37.8 Å². The van der Waals surface area contributed by atoms with E-state index in [-0.39, 0.29) is 49.1 Å². The van der Waals surface area contributed by atoms with Gasteiger partial charge in [-0.25, -0.2) is 4.79 Å². The van der Waals surface area contributed by atoms with Crippen LogP contribution in [0.15, 0.2) is 65.1 Å². The summed E-state index contributed by atoms with van der Waals surface area (Å²) >= 11 is 0. The van der Waals surface area contributed by atoms with Crippen LogP contribution in [0.2, 0.25) is 0 Å². The molecule has 3 N–H and O–H groups in total. The van der Waals surface area contributed by atoms with E-state index in [2.05, 4.69) is 34.9 Å². The van der Waals surface area contributed by atoms with Gasteiger partial charge in [0.15, 0.2) is 5.76 Å². The van der Waals surface area contributed by atoms with Crippen LogP contribution in [0.1, 0.15) is 52.6 Å². The molecule has 0 atom stereocenters. The minimum absolute atomic E-state index is 0.0198. The summed E-state index contributed by atoms with van der Waals surface area (Å²) in [5.74, 6) is -0.507. The summed E-state index contributed by atoms with van der Waals surface area (Å²) in [6, 6.07) is 19.4. The highest BCUT2D eigenvalue weighted by Crippen LogP contribution is 2.44. The Morgan fingerprint density at radius 2 is 1.60 bits per heavy atom. The van der Waals surface area contributed by atoms with E-state index in [9.17, 15) is 14.4 Å². The van der Waals surface area contributed by atoms with Crippen molar-refractivity contribution in [1.82, 2.24) is 10.6 Å². The fraction of sp³-hybridized carbons (Fsp3) is 0.296. The van der Waals surface area contributed by atoms with E-state index in [4.69, 9.17) is 14.3 Å². The summed E-state index contributed by atoms with van der Waals surface area (Å²) < 4.78 is 11.1. The third kappa shape index (κ3) is 4.91. The zero-order valence-corrected chi connectivity index (χ0v) is 19.0.